The molecule has 6 nitrogen and oxygen atoms in total. The Balaban J connectivity index is 3.48. The van der Waals surface area contributed by atoms with Gasteiger partial charge in [-0.1, -0.05) is 295 Å². The van der Waals surface area contributed by atoms with E-state index < -0.39 is 12.1 Å². The van der Waals surface area contributed by atoms with Crippen molar-refractivity contribution in [2.24, 2.45) is 0 Å². The molecule has 2 atom stereocenters. The fourth-order valence-corrected chi connectivity index (χ4v) is 9.69. The number of ether oxygens (including phenoxy) is 1. The van der Waals surface area contributed by atoms with E-state index in [1.807, 2.05) is 6.08 Å². The Bertz CT molecular complexity index is 1080. The summed E-state index contributed by atoms with van der Waals surface area (Å²) in [5.41, 5.74) is 0. The maximum Gasteiger partial charge on any atom is 0.305 e. The quantitative estimate of drug-likeness (QED) is 0.0321. The average Bonchev–Trinajstić information content (AvgIpc) is 3.35. The molecule has 6 heteroatoms. The zero-order chi connectivity index (χ0) is 50.0. The SMILES string of the molecule is CCCCCCCC/C=C\CCCCCCCC(=O)OCCCCCCCCCCCCCCC(=O)NC(CO)C(O)/C=C/CCCCCCCCCCCCCCCCCCCCCCCCC. The van der Waals surface area contributed by atoms with Gasteiger partial charge in [0.05, 0.1) is 25.4 Å². The number of carbonyl (C=O) groups is 2. The molecule has 0 radical (unpaired) electrons. The second-order valence-electron chi connectivity index (χ2n) is 21.4. The van der Waals surface area contributed by atoms with Crippen LogP contribution in [0.5, 0.6) is 0 Å². The van der Waals surface area contributed by atoms with Crippen LogP contribution in [0.3, 0.4) is 0 Å². The monoisotopic (exact) mass is 972 g/mol. The van der Waals surface area contributed by atoms with E-state index in [2.05, 4.69) is 31.3 Å². The van der Waals surface area contributed by atoms with Gasteiger partial charge in [-0.2, -0.15) is 0 Å². The summed E-state index contributed by atoms with van der Waals surface area (Å²) >= 11 is 0. The minimum Gasteiger partial charge on any atom is -0.466 e. The second kappa shape index (κ2) is 58.9. The van der Waals surface area contributed by atoms with E-state index >= 15 is 0 Å². The van der Waals surface area contributed by atoms with Crippen LogP contribution in [0, 0.1) is 0 Å². The minimum absolute atomic E-state index is 0.0178. The Morgan fingerprint density at radius 1 is 0.391 bits per heavy atom. The third-order valence-electron chi connectivity index (χ3n) is 14.5. The number of aliphatic hydroxyl groups is 2. The van der Waals surface area contributed by atoms with E-state index in [1.165, 1.54) is 257 Å². The van der Waals surface area contributed by atoms with Gasteiger partial charge in [0.25, 0.3) is 0 Å². The molecule has 0 saturated heterocycles. The molecule has 408 valence electrons. The molecular formula is C63H121NO5. The Hall–Kier alpha value is -1.66. The highest BCUT2D eigenvalue weighted by molar-refractivity contribution is 5.76. The third-order valence-corrected chi connectivity index (χ3v) is 14.5. The first kappa shape index (κ1) is 67.3. The number of allylic oxidation sites excluding steroid dienone is 3. The van der Waals surface area contributed by atoms with Crippen molar-refractivity contribution in [3.05, 3.63) is 24.3 Å². The van der Waals surface area contributed by atoms with Crippen molar-refractivity contribution in [2.45, 2.75) is 353 Å². The zero-order valence-corrected chi connectivity index (χ0v) is 46.6. The molecule has 0 aliphatic rings. The summed E-state index contributed by atoms with van der Waals surface area (Å²) in [6.07, 6.45) is 72.1. The van der Waals surface area contributed by atoms with Crippen LogP contribution in [0.4, 0.5) is 0 Å². The summed E-state index contributed by atoms with van der Waals surface area (Å²) in [6, 6.07) is -0.641. The molecule has 3 N–H and O–H groups in total. The molecule has 0 saturated carbocycles. The van der Waals surface area contributed by atoms with Gasteiger partial charge in [0.15, 0.2) is 0 Å². The molecule has 0 aromatic rings. The van der Waals surface area contributed by atoms with Crippen molar-refractivity contribution in [3.63, 3.8) is 0 Å². The van der Waals surface area contributed by atoms with Crippen LogP contribution in [0.15, 0.2) is 24.3 Å². The highest BCUT2D eigenvalue weighted by Gasteiger charge is 2.18. The lowest BCUT2D eigenvalue weighted by atomic mass is 10.0. The van der Waals surface area contributed by atoms with Crippen LogP contribution >= 0.6 is 0 Å². The van der Waals surface area contributed by atoms with Crippen LogP contribution in [0.2, 0.25) is 0 Å². The standard InChI is InChI=1S/C63H121NO5/c1-3-5-7-9-11-13-15-17-19-20-21-22-23-24-25-26-27-28-30-31-35-39-43-47-51-55-61(66)60(59-65)64-62(67)56-52-48-44-40-36-33-34-38-42-46-50-54-58-69-63(68)57-53-49-45-41-37-32-29-18-16-14-12-10-8-6-4-2/h18,29,51,55,60-61,65-66H,3-17,19-28,30-50,52-54,56-59H2,1-2H3,(H,64,67)/b29-18-,55-51+. The summed E-state index contributed by atoms with van der Waals surface area (Å²) in [4.78, 5) is 24.6. The number of hydrogen-bond donors (Lipinski definition) is 3. The number of amides is 1. The second-order valence-corrected chi connectivity index (χ2v) is 21.4. The number of esters is 1. The average molecular weight is 973 g/mol. The van der Waals surface area contributed by atoms with Gasteiger partial charge >= 0.3 is 5.97 Å². The fraction of sp³-hybridized carbons (Fsp3) is 0.905. The van der Waals surface area contributed by atoms with Crippen molar-refractivity contribution in [1.82, 2.24) is 5.32 Å². The van der Waals surface area contributed by atoms with Crippen molar-refractivity contribution >= 4 is 11.9 Å². The van der Waals surface area contributed by atoms with E-state index in [-0.39, 0.29) is 18.5 Å². The number of unbranched alkanes of at least 4 members (excludes halogenated alkanes) is 45. The Morgan fingerprint density at radius 3 is 1.03 bits per heavy atom. The number of carbonyl (C=O) groups excluding carboxylic acids is 2. The molecule has 0 heterocycles. The molecule has 0 aromatic heterocycles. The molecule has 0 aliphatic carbocycles. The van der Waals surface area contributed by atoms with Gasteiger partial charge in [-0.3, -0.25) is 9.59 Å². The Kier molecular flexibility index (Phi) is 57.5. The van der Waals surface area contributed by atoms with Gasteiger partial charge in [-0.25, -0.2) is 0 Å². The summed E-state index contributed by atoms with van der Waals surface area (Å²) in [5, 5.41) is 23.2. The molecule has 0 aromatic carbocycles. The number of hydrogen-bond acceptors (Lipinski definition) is 5. The van der Waals surface area contributed by atoms with Gasteiger partial charge in [-0.05, 0) is 57.8 Å². The lowest BCUT2D eigenvalue weighted by Crippen LogP contribution is -2.45. The van der Waals surface area contributed by atoms with E-state index in [9.17, 15) is 19.8 Å². The first-order valence-electron chi connectivity index (χ1n) is 31.1. The fourth-order valence-electron chi connectivity index (χ4n) is 9.69. The lowest BCUT2D eigenvalue weighted by Gasteiger charge is -2.20. The van der Waals surface area contributed by atoms with Gasteiger partial charge in [0, 0.05) is 12.8 Å². The molecular weight excluding hydrogens is 851 g/mol. The third kappa shape index (κ3) is 55.5. The molecule has 0 bridgehead atoms. The van der Waals surface area contributed by atoms with Gasteiger partial charge < -0.3 is 20.3 Å². The lowest BCUT2D eigenvalue weighted by molar-refractivity contribution is -0.143. The molecule has 0 fully saturated rings. The highest BCUT2D eigenvalue weighted by atomic mass is 16.5. The predicted molar refractivity (Wildman–Crippen MR) is 301 cm³/mol. The summed E-state index contributed by atoms with van der Waals surface area (Å²) < 4.78 is 5.47. The number of nitrogens with one attached hydrogen (secondary N) is 1. The van der Waals surface area contributed by atoms with Crippen LogP contribution in [-0.2, 0) is 14.3 Å². The maximum absolute atomic E-state index is 12.5. The maximum atomic E-state index is 12.5. The van der Waals surface area contributed by atoms with Gasteiger partial charge in [0.2, 0.25) is 5.91 Å². The van der Waals surface area contributed by atoms with E-state index in [1.54, 1.807) is 6.08 Å². The Labute approximate surface area is 431 Å². The Morgan fingerprint density at radius 2 is 0.681 bits per heavy atom. The zero-order valence-electron chi connectivity index (χ0n) is 46.6. The smallest absolute Gasteiger partial charge is 0.305 e. The molecule has 0 rings (SSSR count). The number of aliphatic hydroxyl groups excluding tert-OH is 2. The molecule has 2 unspecified atom stereocenters. The van der Waals surface area contributed by atoms with E-state index in [4.69, 9.17) is 4.74 Å². The summed E-state index contributed by atoms with van der Waals surface area (Å²) in [7, 11) is 0. The highest BCUT2D eigenvalue weighted by Crippen LogP contribution is 2.18. The van der Waals surface area contributed by atoms with Gasteiger partial charge in [0.1, 0.15) is 0 Å². The first-order chi connectivity index (χ1) is 34.0. The normalized spacial score (nSPS) is 12.7. The van der Waals surface area contributed by atoms with Crippen LogP contribution in [-0.4, -0.2) is 47.4 Å². The molecule has 0 spiro atoms. The minimum atomic E-state index is -0.856. The van der Waals surface area contributed by atoms with Crippen LogP contribution < -0.4 is 5.32 Å². The van der Waals surface area contributed by atoms with E-state index in [0.29, 0.717) is 19.4 Å². The molecule has 1 amide bonds. The summed E-state index contributed by atoms with van der Waals surface area (Å²) in [6.45, 7) is 4.89. The topological polar surface area (TPSA) is 95.9 Å². The molecule has 0 aliphatic heterocycles. The predicted octanol–water partition coefficient (Wildman–Crippen LogP) is 19.4. The number of rotatable bonds is 58. The molecule has 69 heavy (non-hydrogen) atoms. The van der Waals surface area contributed by atoms with Crippen molar-refractivity contribution in [1.29, 1.82) is 0 Å². The van der Waals surface area contributed by atoms with Crippen LogP contribution in [0.25, 0.3) is 0 Å². The van der Waals surface area contributed by atoms with Crippen molar-refractivity contribution in [2.75, 3.05) is 13.2 Å². The summed E-state index contributed by atoms with van der Waals surface area (Å²) in [5.74, 6) is -0.0982. The largest absolute Gasteiger partial charge is 0.466 e. The first-order valence-corrected chi connectivity index (χ1v) is 31.1. The van der Waals surface area contributed by atoms with Crippen molar-refractivity contribution in [3.8, 4) is 0 Å². The van der Waals surface area contributed by atoms with Crippen LogP contribution in [0.1, 0.15) is 341 Å². The van der Waals surface area contributed by atoms with Gasteiger partial charge in [-0.15, -0.1) is 0 Å². The van der Waals surface area contributed by atoms with E-state index in [0.717, 1.165) is 57.8 Å². The van der Waals surface area contributed by atoms with Crippen molar-refractivity contribution < 1.29 is 24.5 Å².